The number of hydrogen-bond donors (Lipinski definition) is 0. The topological polar surface area (TPSA) is 43.4 Å². The molecular formula is C17H24O3. The lowest BCUT2D eigenvalue weighted by Gasteiger charge is -2.34. The van der Waals surface area contributed by atoms with Crippen molar-refractivity contribution in [1.29, 1.82) is 0 Å². The van der Waals surface area contributed by atoms with Crippen LogP contribution in [0, 0.1) is 5.41 Å². The first-order chi connectivity index (χ1) is 9.32. The predicted octanol–water partition coefficient (Wildman–Crippen LogP) is 3.41. The van der Waals surface area contributed by atoms with Gasteiger partial charge in [-0.25, -0.2) is 0 Å². The summed E-state index contributed by atoms with van der Waals surface area (Å²) in [5, 5.41) is 0. The Morgan fingerprint density at radius 2 is 1.70 bits per heavy atom. The van der Waals surface area contributed by atoms with E-state index in [1.54, 1.807) is 6.08 Å². The number of Topliss-reactive ketones (excluding diaryl/α,β-unsaturated/α-hetero) is 1. The molecule has 1 aliphatic carbocycles. The van der Waals surface area contributed by atoms with Gasteiger partial charge >= 0.3 is 0 Å². The van der Waals surface area contributed by atoms with E-state index in [2.05, 4.69) is 13.2 Å². The largest absolute Gasteiger partial charge is 0.365 e. The molecule has 20 heavy (non-hydrogen) atoms. The van der Waals surface area contributed by atoms with Crippen LogP contribution < -0.4 is 0 Å². The van der Waals surface area contributed by atoms with E-state index in [9.17, 15) is 9.59 Å². The molecule has 1 unspecified atom stereocenters. The van der Waals surface area contributed by atoms with E-state index >= 15 is 0 Å². The average Bonchev–Trinajstić information content (AvgIpc) is 2.37. The van der Waals surface area contributed by atoms with Crippen LogP contribution in [0.3, 0.4) is 0 Å². The summed E-state index contributed by atoms with van der Waals surface area (Å²) in [7, 11) is 1.40. The highest BCUT2D eigenvalue weighted by molar-refractivity contribution is 6.15. The van der Waals surface area contributed by atoms with E-state index in [4.69, 9.17) is 4.74 Å². The van der Waals surface area contributed by atoms with Gasteiger partial charge in [0.15, 0.2) is 17.7 Å². The van der Waals surface area contributed by atoms with E-state index < -0.39 is 11.5 Å². The predicted molar refractivity (Wildman–Crippen MR) is 80.5 cm³/mol. The van der Waals surface area contributed by atoms with Crippen LogP contribution in [0.4, 0.5) is 0 Å². The Morgan fingerprint density at radius 1 is 1.20 bits per heavy atom. The van der Waals surface area contributed by atoms with Gasteiger partial charge in [0.2, 0.25) is 0 Å². The minimum Gasteiger partial charge on any atom is -0.365 e. The molecular weight excluding hydrogens is 252 g/mol. The summed E-state index contributed by atoms with van der Waals surface area (Å²) in [6.45, 7) is 11.7. The summed E-state index contributed by atoms with van der Waals surface area (Å²) in [5.41, 5.74) is 1.44. The normalized spacial score (nSPS) is 21.1. The second kappa shape index (κ2) is 6.80. The maximum absolute atomic E-state index is 12.7. The molecule has 0 radical (unpaired) electrons. The van der Waals surface area contributed by atoms with Crippen LogP contribution in [0.25, 0.3) is 0 Å². The van der Waals surface area contributed by atoms with Crippen LogP contribution in [0.5, 0.6) is 0 Å². The summed E-state index contributed by atoms with van der Waals surface area (Å²) in [6.07, 6.45) is 5.14. The Labute approximate surface area is 121 Å². The molecule has 0 N–H and O–H groups in total. The second-order valence-electron chi connectivity index (χ2n) is 5.79. The van der Waals surface area contributed by atoms with Gasteiger partial charge in [0.25, 0.3) is 0 Å². The van der Waals surface area contributed by atoms with Crippen molar-refractivity contribution >= 4 is 11.6 Å². The van der Waals surface area contributed by atoms with Gasteiger partial charge in [-0.1, -0.05) is 17.2 Å². The highest BCUT2D eigenvalue weighted by Crippen LogP contribution is 2.38. The van der Waals surface area contributed by atoms with Crippen LogP contribution in [-0.2, 0) is 14.3 Å². The smallest absolute Gasteiger partial charge is 0.191 e. The van der Waals surface area contributed by atoms with Gasteiger partial charge in [-0.15, -0.1) is 13.2 Å². The first-order valence-electron chi connectivity index (χ1n) is 6.91. The molecule has 3 nitrogen and oxygen atoms in total. The Balaban J connectivity index is 3.05. The molecule has 0 saturated heterocycles. The number of rotatable bonds is 7. The number of methoxy groups -OCH3 is 1. The SMILES string of the molecule is C=C(C)CCC1(CCC(=C)C)C=CC(=O)C(OC)C1=O. The van der Waals surface area contributed by atoms with Crippen LogP contribution in [0.2, 0.25) is 0 Å². The fourth-order valence-corrected chi connectivity index (χ4v) is 2.44. The number of carbonyl (C=O) groups excluding carboxylic acids is 2. The Bertz CT molecular complexity index is 439. The standard InChI is InChI=1S/C17H24O3/c1-12(2)6-9-17(10-7-13(3)4)11-8-14(18)15(20-5)16(17)19/h8,11,15H,1,3,6-7,9-10H2,2,4-5H3. The van der Waals surface area contributed by atoms with Gasteiger partial charge in [-0.2, -0.15) is 0 Å². The van der Waals surface area contributed by atoms with Crippen molar-refractivity contribution < 1.29 is 14.3 Å². The third-order valence-electron chi connectivity index (χ3n) is 3.79. The third kappa shape index (κ3) is 3.76. The van der Waals surface area contributed by atoms with Gasteiger partial charge < -0.3 is 4.74 Å². The number of allylic oxidation sites excluding steroid dienone is 3. The molecule has 110 valence electrons. The molecule has 0 bridgehead atoms. The monoisotopic (exact) mass is 276 g/mol. The van der Waals surface area contributed by atoms with Crippen LogP contribution in [0.1, 0.15) is 39.5 Å². The third-order valence-corrected chi connectivity index (χ3v) is 3.79. The molecule has 0 aromatic heterocycles. The highest BCUT2D eigenvalue weighted by atomic mass is 16.5. The Kier molecular flexibility index (Phi) is 5.63. The Morgan fingerprint density at radius 3 is 2.10 bits per heavy atom. The van der Waals surface area contributed by atoms with Crippen molar-refractivity contribution in [3.8, 4) is 0 Å². The molecule has 0 aliphatic heterocycles. The van der Waals surface area contributed by atoms with Crippen LogP contribution in [-0.4, -0.2) is 24.8 Å². The average molecular weight is 276 g/mol. The van der Waals surface area contributed by atoms with Crippen LogP contribution in [0.15, 0.2) is 36.5 Å². The molecule has 0 spiro atoms. The van der Waals surface area contributed by atoms with E-state index in [1.807, 2.05) is 13.8 Å². The fourth-order valence-electron chi connectivity index (χ4n) is 2.44. The molecule has 0 amide bonds. The van der Waals surface area contributed by atoms with Crippen molar-refractivity contribution in [3.63, 3.8) is 0 Å². The number of hydrogen-bond acceptors (Lipinski definition) is 3. The molecule has 0 aromatic carbocycles. The molecule has 0 saturated carbocycles. The summed E-state index contributed by atoms with van der Waals surface area (Å²) < 4.78 is 5.09. The van der Waals surface area contributed by atoms with Crippen molar-refractivity contribution in [2.75, 3.05) is 7.11 Å². The van der Waals surface area contributed by atoms with Gasteiger partial charge in [0, 0.05) is 7.11 Å². The van der Waals surface area contributed by atoms with Gasteiger partial charge in [0.1, 0.15) is 0 Å². The molecule has 0 fully saturated rings. The fraction of sp³-hybridized carbons (Fsp3) is 0.529. The molecule has 0 heterocycles. The quantitative estimate of drug-likeness (QED) is 0.528. The van der Waals surface area contributed by atoms with Gasteiger partial charge in [0.05, 0.1) is 5.41 Å². The van der Waals surface area contributed by atoms with E-state index in [1.165, 1.54) is 13.2 Å². The lowest BCUT2D eigenvalue weighted by Crippen LogP contribution is -2.45. The summed E-state index contributed by atoms with van der Waals surface area (Å²) in [4.78, 5) is 24.4. The minimum atomic E-state index is -0.963. The van der Waals surface area contributed by atoms with Crippen molar-refractivity contribution in [2.24, 2.45) is 5.41 Å². The zero-order valence-electron chi connectivity index (χ0n) is 12.7. The van der Waals surface area contributed by atoms with E-state index in [0.717, 1.165) is 24.0 Å². The Hall–Kier alpha value is -1.48. The van der Waals surface area contributed by atoms with E-state index in [-0.39, 0.29) is 11.6 Å². The van der Waals surface area contributed by atoms with Crippen molar-refractivity contribution in [3.05, 3.63) is 36.5 Å². The zero-order valence-corrected chi connectivity index (χ0v) is 12.7. The van der Waals surface area contributed by atoms with Crippen LogP contribution >= 0.6 is 0 Å². The molecule has 3 heteroatoms. The number of ether oxygens (including phenoxy) is 1. The summed E-state index contributed by atoms with van der Waals surface area (Å²) in [5.74, 6) is -0.395. The summed E-state index contributed by atoms with van der Waals surface area (Å²) >= 11 is 0. The molecule has 0 aromatic rings. The lowest BCUT2D eigenvalue weighted by atomic mass is 9.69. The lowest BCUT2D eigenvalue weighted by molar-refractivity contribution is -0.145. The molecule has 1 aliphatic rings. The first kappa shape index (κ1) is 16.6. The maximum atomic E-state index is 12.7. The number of ketones is 2. The van der Waals surface area contributed by atoms with Gasteiger partial charge in [-0.05, 0) is 45.6 Å². The van der Waals surface area contributed by atoms with Crippen molar-refractivity contribution in [1.82, 2.24) is 0 Å². The maximum Gasteiger partial charge on any atom is 0.191 e. The first-order valence-corrected chi connectivity index (χ1v) is 6.91. The van der Waals surface area contributed by atoms with Crippen molar-refractivity contribution in [2.45, 2.75) is 45.6 Å². The van der Waals surface area contributed by atoms with E-state index in [0.29, 0.717) is 12.8 Å². The molecule has 1 atom stereocenters. The number of carbonyl (C=O) groups is 2. The second-order valence-corrected chi connectivity index (χ2v) is 5.79. The minimum absolute atomic E-state index is 0.130. The summed E-state index contributed by atoms with van der Waals surface area (Å²) in [6, 6.07) is 0. The van der Waals surface area contributed by atoms with Gasteiger partial charge in [-0.3, -0.25) is 9.59 Å². The highest BCUT2D eigenvalue weighted by Gasteiger charge is 2.44. The zero-order chi connectivity index (χ0) is 15.3. The molecule has 1 rings (SSSR count).